The zero-order valence-corrected chi connectivity index (χ0v) is 20.3. The minimum atomic E-state index is -4.21. The van der Waals surface area contributed by atoms with E-state index in [1.54, 1.807) is 43.4 Å². The van der Waals surface area contributed by atoms with Crippen LogP contribution in [0.25, 0.3) is 6.08 Å². The summed E-state index contributed by atoms with van der Waals surface area (Å²) in [5.74, 6) is 0.629. The van der Waals surface area contributed by atoms with Gasteiger partial charge < -0.3 is 19.7 Å². The number of hydrogen-bond donors (Lipinski definition) is 2. The zero-order chi connectivity index (χ0) is 25.7. The standard InChI is InChI=1S/C26H25N3O6S/c1-3-19-11-7-8-12-24(19)36(32,33)28-26(31)27-21(15-18-9-5-4-6-10-18)25(30)29(2)20-13-14-22-23(16-20)35-17-34-22/h3-14,16,21H,1,15,17H2,2H3,(H2,27,28,31). The molecule has 0 saturated carbocycles. The van der Waals surface area contributed by atoms with Crippen LogP contribution in [-0.2, 0) is 21.2 Å². The van der Waals surface area contributed by atoms with Crippen molar-refractivity contribution in [1.82, 2.24) is 10.0 Å². The first kappa shape index (κ1) is 24.8. The van der Waals surface area contributed by atoms with E-state index in [2.05, 4.69) is 11.9 Å². The van der Waals surface area contributed by atoms with Crippen LogP contribution in [-0.4, -0.2) is 40.2 Å². The highest BCUT2D eigenvalue weighted by atomic mass is 32.2. The van der Waals surface area contributed by atoms with Gasteiger partial charge in [0.05, 0.1) is 4.90 Å². The number of carbonyl (C=O) groups is 2. The molecule has 36 heavy (non-hydrogen) atoms. The first-order valence-electron chi connectivity index (χ1n) is 11.0. The number of sulfonamides is 1. The van der Waals surface area contributed by atoms with Crippen LogP contribution in [0.15, 0.2) is 84.3 Å². The fourth-order valence-corrected chi connectivity index (χ4v) is 4.90. The Kier molecular flexibility index (Phi) is 7.25. The monoisotopic (exact) mass is 507 g/mol. The van der Waals surface area contributed by atoms with Crippen molar-refractivity contribution >= 4 is 33.7 Å². The number of fused-ring (bicyclic) bond motifs is 1. The van der Waals surface area contributed by atoms with E-state index in [-0.39, 0.29) is 18.1 Å². The number of hydrogen-bond acceptors (Lipinski definition) is 6. The number of ether oxygens (including phenoxy) is 2. The molecule has 2 N–H and O–H groups in total. The lowest BCUT2D eigenvalue weighted by atomic mass is 10.0. The molecular formula is C26H25N3O6S. The summed E-state index contributed by atoms with van der Waals surface area (Å²) in [7, 11) is -2.65. The van der Waals surface area contributed by atoms with Crippen molar-refractivity contribution < 1.29 is 27.5 Å². The van der Waals surface area contributed by atoms with Crippen LogP contribution < -0.4 is 24.4 Å². The highest BCUT2D eigenvalue weighted by molar-refractivity contribution is 7.90. The molecule has 1 heterocycles. The number of nitrogens with one attached hydrogen (secondary N) is 2. The molecule has 0 spiro atoms. The Labute approximate surface area is 209 Å². The number of rotatable bonds is 8. The summed E-state index contributed by atoms with van der Waals surface area (Å²) in [4.78, 5) is 27.6. The van der Waals surface area contributed by atoms with Gasteiger partial charge in [0.25, 0.3) is 10.0 Å². The molecule has 0 aromatic heterocycles. The number of benzene rings is 3. The summed E-state index contributed by atoms with van der Waals surface area (Å²) in [5.41, 5.74) is 1.66. The maximum atomic E-state index is 13.5. The molecule has 0 bridgehead atoms. The summed E-state index contributed by atoms with van der Waals surface area (Å²) in [6.07, 6.45) is 1.53. The van der Waals surface area contributed by atoms with Gasteiger partial charge in [-0.1, -0.05) is 61.2 Å². The summed E-state index contributed by atoms with van der Waals surface area (Å²) in [6, 6.07) is 18.2. The van der Waals surface area contributed by atoms with Crippen LogP contribution in [0.5, 0.6) is 11.5 Å². The lowest BCUT2D eigenvalue weighted by molar-refractivity contribution is -0.120. The predicted molar refractivity (Wildman–Crippen MR) is 135 cm³/mol. The molecule has 1 aliphatic rings. The third-order valence-electron chi connectivity index (χ3n) is 5.62. The van der Waals surface area contributed by atoms with Crippen LogP contribution in [0.1, 0.15) is 11.1 Å². The van der Waals surface area contributed by atoms with Crippen molar-refractivity contribution in [3.05, 3.63) is 90.5 Å². The van der Waals surface area contributed by atoms with E-state index in [1.807, 2.05) is 35.1 Å². The Morgan fingerprint density at radius 3 is 2.47 bits per heavy atom. The summed E-state index contributed by atoms with van der Waals surface area (Å²) in [5, 5.41) is 2.53. The summed E-state index contributed by atoms with van der Waals surface area (Å²) in [6.45, 7) is 3.71. The highest BCUT2D eigenvalue weighted by Crippen LogP contribution is 2.35. The molecule has 186 valence electrons. The number of urea groups is 1. The number of likely N-dealkylation sites (N-methyl/N-ethyl adjacent to an activating group) is 1. The Balaban J connectivity index is 1.55. The Bertz CT molecular complexity index is 1390. The Morgan fingerprint density at radius 2 is 1.72 bits per heavy atom. The Morgan fingerprint density at radius 1 is 1.03 bits per heavy atom. The van der Waals surface area contributed by atoms with E-state index in [9.17, 15) is 18.0 Å². The zero-order valence-electron chi connectivity index (χ0n) is 19.5. The van der Waals surface area contributed by atoms with Crippen LogP contribution in [0.3, 0.4) is 0 Å². The minimum Gasteiger partial charge on any atom is -0.454 e. The molecule has 0 radical (unpaired) electrons. The maximum Gasteiger partial charge on any atom is 0.329 e. The lowest BCUT2D eigenvalue weighted by Gasteiger charge is -2.25. The van der Waals surface area contributed by atoms with E-state index in [0.717, 1.165) is 5.56 Å². The van der Waals surface area contributed by atoms with Gasteiger partial charge in [0, 0.05) is 25.2 Å². The normalized spacial score (nSPS) is 12.9. The van der Waals surface area contributed by atoms with Crippen molar-refractivity contribution in [2.45, 2.75) is 17.4 Å². The molecule has 3 amide bonds. The van der Waals surface area contributed by atoms with Gasteiger partial charge in [-0.15, -0.1) is 0 Å². The molecule has 3 aromatic carbocycles. The number of amides is 3. The molecule has 10 heteroatoms. The van der Waals surface area contributed by atoms with E-state index in [0.29, 0.717) is 22.7 Å². The third kappa shape index (κ3) is 5.49. The lowest BCUT2D eigenvalue weighted by Crippen LogP contribution is -2.52. The average Bonchev–Trinajstić information content (AvgIpc) is 3.35. The van der Waals surface area contributed by atoms with Crippen molar-refractivity contribution in [2.24, 2.45) is 0 Å². The molecule has 1 unspecified atom stereocenters. The topological polar surface area (TPSA) is 114 Å². The highest BCUT2D eigenvalue weighted by Gasteiger charge is 2.28. The summed E-state index contributed by atoms with van der Waals surface area (Å²) < 4.78 is 38.4. The number of anilines is 1. The molecule has 3 aromatic rings. The van der Waals surface area contributed by atoms with Gasteiger partial charge in [-0.25, -0.2) is 17.9 Å². The van der Waals surface area contributed by atoms with Crippen molar-refractivity contribution in [1.29, 1.82) is 0 Å². The molecule has 1 aliphatic heterocycles. The van der Waals surface area contributed by atoms with Gasteiger partial charge in [0.15, 0.2) is 11.5 Å². The smallest absolute Gasteiger partial charge is 0.329 e. The van der Waals surface area contributed by atoms with Gasteiger partial charge in [-0.05, 0) is 29.3 Å². The van der Waals surface area contributed by atoms with Crippen LogP contribution in [0, 0.1) is 0 Å². The molecule has 1 atom stereocenters. The SMILES string of the molecule is C=Cc1ccccc1S(=O)(=O)NC(=O)NC(Cc1ccccc1)C(=O)N(C)c1ccc2c(c1)OCO2. The van der Waals surface area contributed by atoms with E-state index in [1.165, 1.54) is 17.0 Å². The van der Waals surface area contributed by atoms with Gasteiger partial charge >= 0.3 is 6.03 Å². The van der Waals surface area contributed by atoms with Crippen LogP contribution >= 0.6 is 0 Å². The molecule has 0 fully saturated rings. The van der Waals surface area contributed by atoms with Crippen molar-refractivity contribution in [2.75, 3.05) is 18.7 Å². The van der Waals surface area contributed by atoms with Gasteiger partial charge in [0.2, 0.25) is 12.7 Å². The van der Waals surface area contributed by atoms with Crippen LogP contribution in [0.4, 0.5) is 10.5 Å². The quantitative estimate of drug-likeness (QED) is 0.484. The van der Waals surface area contributed by atoms with E-state index in [4.69, 9.17) is 9.47 Å². The largest absolute Gasteiger partial charge is 0.454 e. The second-order valence-electron chi connectivity index (χ2n) is 8.00. The average molecular weight is 508 g/mol. The number of nitrogens with zero attached hydrogens (tertiary/aromatic N) is 1. The second-order valence-corrected chi connectivity index (χ2v) is 9.65. The maximum absolute atomic E-state index is 13.5. The van der Waals surface area contributed by atoms with E-state index >= 15 is 0 Å². The fraction of sp³-hybridized carbons (Fsp3) is 0.154. The molecule has 0 aliphatic carbocycles. The third-order valence-corrected chi connectivity index (χ3v) is 7.02. The first-order valence-corrected chi connectivity index (χ1v) is 12.5. The Hall–Kier alpha value is -4.31. The van der Waals surface area contributed by atoms with Gasteiger partial charge in [-0.3, -0.25) is 4.79 Å². The second kappa shape index (κ2) is 10.5. The molecule has 4 rings (SSSR count). The molecule has 0 saturated heterocycles. The minimum absolute atomic E-state index is 0.0955. The van der Waals surface area contributed by atoms with Crippen LogP contribution in [0.2, 0.25) is 0 Å². The first-order chi connectivity index (χ1) is 17.3. The summed E-state index contributed by atoms with van der Waals surface area (Å²) >= 11 is 0. The van der Waals surface area contributed by atoms with Gasteiger partial charge in [-0.2, -0.15) is 0 Å². The fourth-order valence-electron chi connectivity index (χ4n) is 3.76. The predicted octanol–water partition coefficient (Wildman–Crippen LogP) is 3.32. The number of carbonyl (C=O) groups excluding carboxylic acids is 2. The molecular weight excluding hydrogens is 482 g/mol. The van der Waals surface area contributed by atoms with Crippen molar-refractivity contribution in [3.63, 3.8) is 0 Å². The van der Waals surface area contributed by atoms with Crippen molar-refractivity contribution in [3.8, 4) is 11.5 Å². The van der Waals surface area contributed by atoms with E-state index < -0.39 is 28.0 Å². The molecule has 9 nitrogen and oxygen atoms in total. The van der Waals surface area contributed by atoms with Gasteiger partial charge in [0.1, 0.15) is 6.04 Å².